The van der Waals surface area contributed by atoms with Crippen LogP contribution in [-0.4, -0.2) is 23.0 Å². The summed E-state index contributed by atoms with van der Waals surface area (Å²) in [7, 11) is 1.50. The van der Waals surface area contributed by atoms with Gasteiger partial charge >= 0.3 is 0 Å². The number of carbonyl (C=O) groups excluding carboxylic acids is 1. The second-order valence-corrected chi connectivity index (χ2v) is 3.70. The van der Waals surface area contributed by atoms with Crippen LogP contribution in [0.5, 0.6) is 5.75 Å². The monoisotopic (exact) mass is 247 g/mol. The molecule has 1 amide bonds. The van der Waals surface area contributed by atoms with Crippen LogP contribution in [0.1, 0.15) is 13.3 Å². The molecule has 0 atom stereocenters. The third-order valence-corrected chi connectivity index (χ3v) is 2.56. The van der Waals surface area contributed by atoms with Gasteiger partial charge in [-0.3, -0.25) is 9.59 Å². The minimum absolute atomic E-state index is 0.145. The predicted octanol–water partition coefficient (Wildman–Crippen LogP) is 1.28. The first-order chi connectivity index (χ1) is 8.65. The lowest BCUT2D eigenvalue weighted by molar-refractivity contribution is -0.115. The van der Waals surface area contributed by atoms with E-state index in [0.29, 0.717) is 28.8 Å². The molecule has 1 aromatic heterocycles. The summed E-state index contributed by atoms with van der Waals surface area (Å²) in [5.41, 5.74) is 0.732. The average Bonchev–Trinajstić information content (AvgIpc) is 2.39. The number of carbonyl (C=O) groups is 1. The average molecular weight is 247 g/mol. The van der Waals surface area contributed by atoms with E-state index in [9.17, 15) is 9.59 Å². The Morgan fingerprint density at radius 1 is 1.50 bits per heavy atom. The number of fused-ring (bicyclic) bond motifs is 1. The number of rotatable bonds is 3. The Balaban J connectivity index is 2.60. The van der Waals surface area contributed by atoms with E-state index >= 15 is 0 Å². The number of hydrogen-bond donors (Lipinski definition) is 2. The van der Waals surface area contributed by atoms with Crippen molar-refractivity contribution in [2.75, 3.05) is 12.4 Å². The van der Waals surface area contributed by atoms with E-state index in [0.717, 1.165) is 0 Å². The molecule has 6 heteroatoms. The van der Waals surface area contributed by atoms with Gasteiger partial charge in [-0.25, -0.2) is 4.98 Å². The summed E-state index contributed by atoms with van der Waals surface area (Å²) in [5.74, 6) is 0.329. The van der Waals surface area contributed by atoms with E-state index in [1.54, 1.807) is 19.1 Å². The summed E-state index contributed by atoms with van der Waals surface area (Å²) in [6.07, 6.45) is 1.68. The molecule has 0 aliphatic heterocycles. The number of methoxy groups -OCH3 is 1. The number of H-pyrrole nitrogens is 1. The van der Waals surface area contributed by atoms with Gasteiger partial charge in [0.2, 0.25) is 5.91 Å². The zero-order valence-electron chi connectivity index (χ0n) is 10.1. The molecule has 2 N–H and O–H groups in total. The zero-order valence-corrected chi connectivity index (χ0v) is 10.1. The summed E-state index contributed by atoms with van der Waals surface area (Å²) in [6, 6.07) is 3.18. The number of nitrogens with zero attached hydrogens (tertiary/aromatic N) is 1. The highest BCUT2D eigenvalue weighted by molar-refractivity contribution is 5.95. The molecular formula is C12H13N3O3. The van der Waals surface area contributed by atoms with Crippen molar-refractivity contribution < 1.29 is 9.53 Å². The first-order valence-electron chi connectivity index (χ1n) is 5.51. The van der Waals surface area contributed by atoms with Gasteiger partial charge in [-0.2, -0.15) is 0 Å². The molecular weight excluding hydrogens is 234 g/mol. The first kappa shape index (κ1) is 12.1. The summed E-state index contributed by atoms with van der Waals surface area (Å²) in [5, 5.41) is 3.09. The van der Waals surface area contributed by atoms with Crippen molar-refractivity contribution in [3.63, 3.8) is 0 Å². The van der Waals surface area contributed by atoms with Crippen LogP contribution in [0.15, 0.2) is 23.3 Å². The lowest BCUT2D eigenvalue weighted by atomic mass is 10.2. The Hall–Kier alpha value is -2.37. The van der Waals surface area contributed by atoms with Crippen LogP contribution >= 0.6 is 0 Å². The van der Waals surface area contributed by atoms with Gasteiger partial charge in [0.15, 0.2) is 0 Å². The first-order valence-corrected chi connectivity index (χ1v) is 5.51. The molecule has 6 nitrogen and oxygen atoms in total. The van der Waals surface area contributed by atoms with E-state index in [1.807, 2.05) is 0 Å². The van der Waals surface area contributed by atoms with Crippen LogP contribution in [0.25, 0.3) is 10.9 Å². The van der Waals surface area contributed by atoms with Gasteiger partial charge in [-0.1, -0.05) is 6.92 Å². The molecule has 0 radical (unpaired) electrons. The van der Waals surface area contributed by atoms with Crippen LogP contribution in [0.4, 0.5) is 5.69 Å². The summed E-state index contributed by atoms with van der Waals surface area (Å²) in [6.45, 7) is 1.75. The molecule has 1 heterocycles. The van der Waals surface area contributed by atoms with Gasteiger partial charge in [-0.05, 0) is 6.07 Å². The van der Waals surface area contributed by atoms with Gasteiger partial charge < -0.3 is 15.0 Å². The van der Waals surface area contributed by atoms with Crippen LogP contribution in [0.2, 0.25) is 0 Å². The van der Waals surface area contributed by atoms with Gasteiger partial charge in [-0.15, -0.1) is 0 Å². The fourth-order valence-corrected chi connectivity index (χ4v) is 1.60. The minimum Gasteiger partial charge on any atom is -0.494 e. The van der Waals surface area contributed by atoms with Crippen LogP contribution in [0.3, 0.4) is 0 Å². The van der Waals surface area contributed by atoms with E-state index in [-0.39, 0.29) is 11.5 Å². The fourth-order valence-electron chi connectivity index (χ4n) is 1.60. The van der Waals surface area contributed by atoms with Gasteiger partial charge in [0.05, 0.1) is 30.0 Å². The van der Waals surface area contributed by atoms with E-state index in [4.69, 9.17) is 4.74 Å². The molecule has 2 aromatic rings. The Morgan fingerprint density at radius 3 is 2.94 bits per heavy atom. The molecule has 0 bridgehead atoms. The summed E-state index contributed by atoms with van der Waals surface area (Å²) >= 11 is 0. The predicted molar refractivity (Wildman–Crippen MR) is 67.8 cm³/mol. The molecule has 2 rings (SSSR count). The Morgan fingerprint density at radius 2 is 2.28 bits per heavy atom. The number of amides is 1. The highest BCUT2D eigenvalue weighted by atomic mass is 16.5. The van der Waals surface area contributed by atoms with Crippen molar-refractivity contribution in [3.05, 3.63) is 28.8 Å². The smallest absolute Gasteiger partial charge is 0.258 e. The number of anilines is 1. The summed E-state index contributed by atoms with van der Waals surface area (Å²) in [4.78, 5) is 29.6. The van der Waals surface area contributed by atoms with E-state index < -0.39 is 0 Å². The Kier molecular flexibility index (Phi) is 3.27. The van der Waals surface area contributed by atoms with Crippen molar-refractivity contribution in [3.8, 4) is 5.75 Å². The molecule has 0 saturated heterocycles. The molecule has 0 saturated carbocycles. The minimum atomic E-state index is -0.255. The largest absolute Gasteiger partial charge is 0.494 e. The number of aromatic nitrogens is 2. The Labute approximate surface area is 103 Å². The number of hydrogen-bond acceptors (Lipinski definition) is 4. The molecule has 0 unspecified atom stereocenters. The van der Waals surface area contributed by atoms with Crippen molar-refractivity contribution in [2.45, 2.75) is 13.3 Å². The van der Waals surface area contributed by atoms with Gasteiger partial charge in [0.1, 0.15) is 5.75 Å². The maximum Gasteiger partial charge on any atom is 0.258 e. The second kappa shape index (κ2) is 4.87. The molecule has 18 heavy (non-hydrogen) atoms. The topological polar surface area (TPSA) is 84.1 Å². The highest BCUT2D eigenvalue weighted by Crippen LogP contribution is 2.27. The third kappa shape index (κ3) is 2.17. The maximum absolute atomic E-state index is 11.6. The van der Waals surface area contributed by atoms with Crippen molar-refractivity contribution >= 4 is 22.5 Å². The Bertz CT molecular complexity index is 649. The normalized spacial score (nSPS) is 10.3. The zero-order chi connectivity index (χ0) is 13.1. The van der Waals surface area contributed by atoms with E-state index in [1.165, 1.54) is 13.4 Å². The van der Waals surface area contributed by atoms with Crippen molar-refractivity contribution in [1.82, 2.24) is 9.97 Å². The third-order valence-electron chi connectivity index (χ3n) is 2.56. The fraction of sp³-hybridized carbons (Fsp3) is 0.250. The number of benzene rings is 1. The molecule has 0 aliphatic rings. The highest BCUT2D eigenvalue weighted by Gasteiger charge is 2.10. The van der Waals surface area contributed by atoms with Crippen molar-refractivity contribution in [1.29, 1.82) is 0 Å². The molecule has 0 spiro atoms. The van der Waals surface area contributed by atoms with Crippen LogP contribution in [-0.2, 0) is 4.79 Å². The van der Waals surface area contributed by atoms with Crippen molar-refractivity contribution in [2.24, 2.45) is 0 Å². The second-order valence-electron chi connectivity index (χ2n) is 3.70. The molecule has 0 fully saturated rings. The van der Waals surface area contributed by atoms with Gasteiger partial charge in [0.25, 0.3) is 5.56 Å². The van der Waals surface area contributed by atoms with Gasteiger partial charge in [0, 0.05) is 12.5 Å². The number of nitrogens with one attached hydrogen (secondary N) is 2. The standard InChI is InChI=1S/C12H13N3O3/c1-3-11(16)15-9-4-7-8(5-10(9)18-2)13-6-14-12(7)17/h4-6H,3H2,1-2H3,(H,15,16)(H,13,14,17). The SMILES string of the molecule is CCC(=O)Nc1cc2c(=O)[nH]cnc2cc1OC. The quantitative estimate of drug-likeness (QED) is 0.855. The van der Waals surface area contributed by atoms with E-state index in [2.05, 4.69) is 15.3 Å². The maximum atomic E-state index is 11.6. The molecule has 94 valence electrons. The number of ether oxygens (including phenoxy) is 1. The van der Waals surface area contributed by atoms with Crippen LogP contribution in [0, 0.1) is 0 Å². The summed E-state index contributed by atoms with van der Waals surface area (Å²) < 4.78 is 5.17. The lowest BCUT2D eigenvalue weighted by Gasteiger charge is -2.10. The van der Waals surface area contributed by atoms with Crippen LogP contribution < -0.4 is 15.6 Å². The number of aromatic amines is 1. The lowest BCUT2D eigenvalue weighted by Crippen LogP contribution is -2.12. The molecule has 1 aromatic carbocycles. The molecule has 0 aliphatic carbocycles.